The van der Waals surface area contributed by atoms with Crippen molar-refractivity contribution in [3.8, 4) is 0 Å². The lowest BCUT2D eigenvalue weighted by atomic mass is 9.97. The van der Waals surface area contributed by atoms with Crippen molar-refractivity contribution in [3.05, 3.63) is 83.6 Å². The first-order valence-electron chi connectivity index (χ1n) is 10.5. The van der Waals surface area contributed by atoms with Crippen LogP contribution < -0.4 is 10.6 Å². The lowest BCUT2D eigenvalue weighted by molar-refractivity contribution is -0.156. The number of ether oxygens (including phenoxy) is 1. The van der Waals surface area contributed by atoms with Crippen molar-refractivity contribution >= 4 is 29.5 Å². The molecule has 1 aliphatic heterocycles. The number of esters is 1. The number of nitrogens with two attached hydrogens (primary N) is 1. The zero-order chi connectivity index (χ0) is 23.5. The van der Waals surface area contributed by atoms with Gasteiger partial charge in [0.15, 0.2) is 0 Å². The molecule has 1 heterocycles. The number of benzene rings is 2. The zero-order valence-corrected chi connectivity index (χ0v) is 19.0. The van der Waals surface area contributed by atoms with Crippen LogP contribution in [0.5, 0.6) is 0 Å². The van der Waals surface area contributed by atoms with Crippen molar-refractivity contribution in [2.24, 2.45) is 10.7 Å². The van der Waals surface area contributed by atoms with Crippen molar-refractivity contribution in [3.63, 3.8) is 0 Å². The molecule has 2 aromatic carbocycles. The Balaban J connectivity index is 1.85. The van der Waals surface area contributed by atoms with E-state index in [4.69, 9.17) is 10.5 Å². The molecule has 0 saturated carbocycles. The average Bonchev–Trinajstić information content (AvgIpc) is 3.10. The highest BCUT2D eigenvalue weighted by molar-refractivity contribution is 6.11. The SMILES string of the molecule is C=C/C(=C\N=C/N)c1cccc2c1CN(c1ccc(C(C)C(=O)OC(C)(C)C)cc1)C2=O. The van der Waals surface area contributed by atoms with E-state index in [2.05, 4.69) is 11.6 Å². The van der Waals surface area contributed by atoms with Crippen molar-refractivity contribution < 1.29 is 14.3 Å². The van der Waals surface area contributed by atoms with Crippen molar-refractivity contribution in [2.45, 2.75) is 45.8 Å². The van der Waals surface area contributed by atoms with E-state index in [1.54, 1.807) is 17.2 Å². The van der Waals surface area contributed by atoms with Gasteiger partial charge in [0, 0.05) is 17.5 Å². The van der Waals surface area contributed by atoms with Gasteiger partial charge in [-0.2, -0.15) is 0 Å². The van der Waals surface area contributed by atoms with Crippen molar-refractivity contribution in [1.82, 2.24) is 0 Å². The summed E-state index contributed by atoms with van der Waals surface area (Å²) in [6, 6.07) is 13.1. The monoisotopic (exact) mass is 431 g/mol. The van der Waals surface area contributed by atoms with E-state index in [-0.39, 0.29) is 11.9 Å². The molecule has 0 spiro atoms. The molecule has 2 N–H and O–H groups in total. The van der Waals surface area contributed by atoms with Crippen molar-refractivity contribution in [1.29, 1.82) is 0 Å². The van der Waals surface area contributed by atoms with E-state index in [1.807, 2.05) is 70.2 Å². The van der Waals surface area contributed by atoms with Gasteiger partial charge in [0.2, 0.25) is 0 Å². The van der Waals surface area contributed by atoms with Crippen LogP contribution >= 0.6 is 0 Å². The molecule has 1 unspecified atom stereocenters. The number of aliphatic imine (C=N–C) groups is 1. The predicted octanol–water partition coefficient (Wildman–Crippen LogP) is 4.81. The second-order valence-corrected chi connectivity index (χ2v) is 8.66. The zero-order valence-electron chi connectivity index (χ0n) is 19.0. The fourth-order valence-electron chi connectivity index (χ4n) is 3.64. The Hall–Kier alpha value is -3.67. The van der Waals surface area contributed by atoms with Gasteiger partial charge in [-0.05, 0) is 68.2 Å². The molecule has 1 amide bonds. The summed E-state index contributed by atoms with van der Waals surface area (Å²) in [5, 5.41) is 0. The Morgan fingerprint density at radius 2 is 1.91 bits per heavy atom. The molecule has 0 fully saturated rings. The first-order chi connectivity index (χ1) is 15.2. The predicted molar refractivity (Wildman–Crippen MR) is 129 cm³/mol. The Morgan fingerprint density at radius 3 is 2.50 bits per heavy atom. The highest BCUT2D eigenvalue weighted by atomic mass is 16.6. The summed E-state index contributed by atoms with van der Waals surface area (Å²) in [6.07, 6.45) is 4.54. The summed E-state index contributed by atoms with van der Waals surface area (Å²) in [4.78, 5) is 31.2. The van der Waals surface area contributed by atoms with Gasteiger partial charge in [-0.1, -0.05) is 36.9 Å². The van der Waals surface area contributed by atoms with E-state index in [1.165, 1.54) is 6.34 Å². The number of allylic oxidation sites excluding steroid dienone is 2. The summed E-state index contributed by atoms with van der Waals surface area (Å²) in [5.41, 5.74) is 9.69. The molecule has 3 rings (SSSR count). The van der Waals surface area contributed by atoms with E-state index >= 15 is 0 Å². The Kier molecular flexibility index (Phi) is 6.63. The molecule has 0 radical (unpaired) electrons. The van der Waals surface area contributed by atoms with Gasteiger partial charge in [-0.25, -0.2) is 4.99 Å². The summed E-state index contributed by atoms with van der Waals surface area (Å²) in [5.74, 6) is -0.742. The van der Waals surface area contributed by atoms with E-state index in [0.29, 0.717) is 12.1 Å². The third-order valence-electron chi connectivity index (χ3n) is 5.26. The van der Waals surface area contributed by atoms with Crippen LogP contribution in [0.3, 0.4) is 0 Å². The fourth-order valence-corrected chi connectivity index (χ4v) is 3.64. The molecule has 166 valence electrons. The number of hydrogen-bond donors (Lipinski definition) is 1. The molecular weight excluding hydrogens is 402 g/mol. The highest BCUT2D eigenvalue weighted by Gasteiger charge is 2.31. The summed E-state index contributed by atoms with van der Waals surface area (Å²) < 4.78 is 5.48. The Labute approximate surface area is 189 Å². The van der Waals surface area contributed by atoms with E-state index in [9.17, 15) is 9.59 Å². The molecule has 0 saturated heterocycles. The number of hydrogen-bond acceptors (Lipinski definition) is 4. The maximum absolute atomic E-state index is 13.1. The second-order valence-electron chi connectivity index (χ2n) is 8.66. The van der Waals surface area contributed by atoms with Crippen molar-refractivity contribution in [2.75, 3.05) is 4.90 Å². The maximum atomic E-state index is 13.1. The number of rotatable bonds is 6. The Bertz CT molecular complexity index is 1090. The van der Waals surface area contributed by atoms with Crippen LogP contribution in [0.4, 0.5) is 5.69 Å². The number of carbonyl (C=O) groups excluding carboxylic acids is 2. The minimum Gasteiger partial charge on any atom is -0.460 e. The minimum absolute atomic E-state index is 0.0690. The van der Waals surface area contributed by atoms with Crippen LogP contribution in [0.15, 0.2) is 66.3 Å². The summed E-state index contributed by atoms with van der Waals surface area (Å²) in [7, 11) is 0. The van der Waals surface area contributed by atoms with Crippen LogP contribution in [0.2, 0.25) is 0 Å². The largest absolute Gasteiger partial charge is 0.460 e. The number of amides is 1. The molecule has 6 heteroatoms. The van der Waals surface area contributed by atoms with Gasteiger partial charge in [-0.15, -0.1) is 0 Å². The molecule has 0 aliphatic carbocycles. The number of fused-ring (bicyclic) bond motifs is 1. The third-order valence-corrected chi connectivity index (χ3v) is 5.26. The molecule has 0 bridgehead atoms. The smallest absolute Gasteiger partial charge is 0.313 e. The molecule has 6 nitrogen and oxygen atoms in total. The first kappa shape index (κ1) is 23.0. The van der Waals surface area contributed by atoms with Crippen LogP contribution in [-0.4, -0.2) is 23.8 Å². The quantitative estimate of drug-likeness (QED) is 0.308. The van der Waals surface area contributed by atoms with E-state index in [0.717, 1.165) is 28.0 Å². The molecule has 2 aromatic rings. The van der Waals surface area contributed by atoms with Gasteiger partial charge in [0.1, 0.15) is 5.60 Å². The number of anilines is 1. The average molecular weight is 432 g/mol. The van der Waals surface area contributed by atoms with Gasteiger partial charge in [0.05, 0.1) is 18.8 Å². The topological polar surface area (TPSA) is 85.0 Å². The summed E-state index contributed by atoms with van der Waals surface area (Å²) in [6.45, 7) is 11.7. The number of carbonyl (C=O) groups is 2. The van der Waals surface area contributed by atoms with Crippen LogP contribution in [0.25, 0.3) is 5.57 Å². The van der Waals surface area contributed by atoms with Gasteiger partial charge < -0.3 is 15.4 Å². The lowest BCUT2D eigenvalue weighted by Crippen LogP contribution is -2.27. The molecule has 1 aliphatic rings. The molecule has 32 heavy (non-hydrogen) atoms. The van der Waals surface area contributed by atoms with Gasteiger partial charge in [-0.3, -0.25) is 9.59 Å². The molecule has 1 atom stereocenters. The van der Waals surface area contributed by atoms with Crippen LogP contribution in [-0.2, 0) is 16.1 Å². The minimum atomic E-state index is -0.537. The lowest BCUT2D eigenvalue weighted by Gasteiger charge is -2.23. The van der Waals surface area contributed by atoms with Crippen LogP contribution in [0.1, 0.15) is 60.7 Å². The van der Waals surface area contributed by atoms with Gasteiger partial charge >= 0.3 is 5.97 Å². The van der Waals surface area contributed by atoms with Crippen LogP contribution in [0, 0.1) is 0 Å². The maximum Gasteiger partial charge on any atom is 0.313 e. The fraction of sp³-hybridized carbons (Fsp3) is 0.269. The third kappa shape index (κ3) is 4.80. The van der Waals surface area contributed by atoms with E-state index < -0.39 is 11.5 Å². The van der Waals surface area contributed by atoms with Gasteiger partial charge in [0.25, 0.3) is 5.91 Å². The normalized spacial score (nSPS) is 15.1. The Morgan fingerprint density at radius 1 is 1.22 bits per heavy atom. The molecular formula is C26H29N3O3. The second kappa shape index (κ2) is 9.22. The molecule has 0 aromatic heterocycles. The summed E-state index contributed by atoms with van der Waals surface area (Å²) >= 11 is 0. The standard InChI is InChI=1S/C26H29N3O3/c1-6-18(14-28-16-27)21-8-7-9-22-23(21)15-29(24(22)30)20-12-10-19(11-13-20)17(2)25(31)32-26(3,4)5/h6-14,16-17H,1,15H2,2-5H3,(H2,27,28)/b18-14+. The first-order valence-corrected chi connectivity index (χ1v) is 10.5. The number of nitrogens with zero attached hydrogens (tertiary/aromatic N) is 2. The highest BCUT2D eigenvalue weighted by Crippen LogP contribution is 2.34.